The van der Waals surface area contributed by atoms with E-state index in [1.165, 1.54) is 31.4 Å². The lowest BCUT2D eigenvalue weighted by Crippen LogP contribution is -2.21. The maximum absolute atomic E-state index is 12.4. The SMILES string of the molecule is O=C(c1ccc(-c2cn(CC3CCC3)nn2)s1)C(F)(F)F. The Kier molecular flexibility index (Phi) is 3.56. The van der Waals surface area contributed by atoms with Crippen LogP contribution in [0.3, 0.4) is 0 Å². The second kappa shape index (κ2) is 5.25. The number of hydrogen-bond donors (Lipinski definition) is 0. The first-order valence-electron chi connectivity index (χ1n) is 6.55. The van der Waals surface area contributed by atoms with Crippen LogP contribution in [0.15, 0.2) is 18.3 Å². The Morgan fingerprint density at radius 2 is 2.14 bits per heavy atom. The molecule has 0 aliphatic heterocycles. The van der Waals surface area contributed by atoms with E-state index in [4.69, 9.17) is 0 Å². The summed E-state index contributed by atoms with van der Waals surface area (Å²) in [6.07, 6.45) is 0.465. The molecule has 1 fully saturated rings. The Hall–Kier alpha value is -1.70. The molecule has 0 N–H and O–H groups in total. The first-order valence-corrected chi connectivity index (χ1v) is 7.37. The summed E-state index contributed by atoms with van der Waals surface area (Å²) in [6, 6.07) is 2.65. The van der Waals surface area contributed by atoms with Crippen LogP contribution in [0.25, 0.3) is 10.6 Å². The highest BCUT2D eigenvalue weighted by Crippen LogP contribution is 2.32. The fraction of sp³-hybridized carbons (Fsp3) is 0.462. The molecule has 0 saturated heterocycles. The number of thiophene rings is 1. The molecule has 0 atom stereocenters. The second-order valence-corrected chi connectivity index (χ2v) is 6.20. The molecule has 0 amide bonds. The van der Waals surface area contributed by atoms with E-state index in [0.29, 0.717) is 16.5 Å². The number of halogens is 3. The van der Waals surface area contributed by atoms with Crippen molar-refractivity contribution >= 4 is 17.1 Å². The molecule has 2 heterocycles. The Morgan fingerprint density at radius 1 is 1.38 bits per heavy atom. The van der Waals surface area contributed by atoms with Gasteiger partial charge < -0.3 is 0 Å². The molecule has 0 spiro atoms. The first-order chi connectivity index (χ1) is 9.93. The highest BCUT2D eigenvalue weighted by atomic mass is 32.1. The zero-order valence-electron chi connectivity index (χ0n) is 10.9. The zero-order chi connectivity index (χ0) is 15.0. The van der Waals surface area contributed by atoms with E-state index >= 15 is 0 Å². The quantitative estimate of drug-likeness (QED) is 0.811. The Labute approximate surface area is 122 Å². The van der Waals surface area contributed by atoms with E-state index in [2.05, 4.69) is 10.3 Å². The van der Waals surface area contributed by atoms with Gasteiger partial charge in [0.15, 0.2) is 0 Å². The van der Waals surface area contributed by atoms with Crippen LogP contribution in [0, 0.1) is 5.92 Å². The number of nitrogens with zero attached hydrogens (tertiary/aromatic N) is 3. The van der Waals surface area contributed by atoms with Gasteiger partial charge in [-0.2, -0.15) is 13.2 Å². The van der Waals surface area contributed by atoms with Crippen molar-refractivity contribution in [2.75, 3.05) is 0 Å². The number of rotatable bonds is 4. The van der Waals surface area contributed by atoms with Crippen LogP contribution in [-0.4, -0.2) is 27.0 Å². The van der Waals surface area contributed by atoms with Crippen molar-refractivity contribution in [2.45, 2.75) is 32.0 Å². The molecule has 4 nitrogen and oxygen atoms in total. The minimum Gasteiger partial charge on any atom is -0.283 e. The van der Waals surface area contributed by atoms with Crippen LogP contribution < -0.4 is 0 Å². The minimum absolute atomic E-state index is 0.328. The fourth-order valence-corrected chi connectivity index (χ4v) is 3.09. The monoisotopic (exact) mass is 315 g/mol. The predicted octanol–water partition coefficient (Wildman–Crippen LogP) is 3.55. The van der Waals surface area contributed by atoms with E-state index in [-0.39, 0.29) is 4.88 Å². The lowest BCUT2D eigenvalue weighted by Gasteiger charge is -2.24. The third-order valence-corrected chi connectivity index (χ3v) is 4.65. The smallest absolute Gasteiger partial charge is 0.283 e. The Balaban J connectivity index is 1.75. The van der Waals surface area contributed by atoms with Crippen LogP contribution in [-0.2, 0) is 6.54 Å². The van der Waals surface area contributed by atoms with Crippen molar-refractivity contribution in [3.8, 4) is 10.6 Å². The zero-order valence-corrected chi connectivity index (χ0v) is 11.7. The molecule has 2 aromatic rings. The topological polar surface area (TPSA) is 47.8 Å². The summed E-state index contributed by atoms with van der Waals surface area (Å²) in [5.74, 6) is -1.20. The molecule has 0 unspecified atom stereocenters. The van der Waals surface area contributed by atoms with Crippen LogP contribution in [0.1, 0.15) is 28.9 Å². The fourth-order valence-electron chi connectivity index (χ4n) is 2.18. The lowest BCUT2D eigenvalue weighted by molar-refractivity contribution is -0.0882. The van der Waals surface area contributed by atoms with Gasteiger partial charge in [0, 0.05) is 6.54 Å². The molecule has 2 aromatic heterocycles. The molecule has 0 bridgehead atoms. The molecule has 3 rings (SSSR count). The van der Waals surface area contributed by atoms with Crippen molar-refractivity contribution in [3.05, 3.63) is 23.2 Å². The maximum Gasteiger partial charge on any atom is 0.455 e. The van der Waals surface area contributed by atoms with Gasteiger partial charge in [0.25, 0.3) is 5.78 Å². The highest BCUT2D eigenvalue weighted by molar-refractivity contribution is 7.17. The van der Waals surface area contributed by atoms with Crippen molar-refractivity contribution in [2.24, 2.45) is 5.92 Å². The van der Waals surface area contributed by atoms with Crippen LogP contribution >= 0.6 is 11.3 Å². The number of aromatic nitrogens is 3. The number of carbonyl (C=O) groups excluding carboxylic acids is 1. The third-order valence-electron chi connectivity index (χ3n) is 3.55. The van der Waals surface area contributed by atoms with Crippen LogP contribution in [0.4, 0.5) is 13.2 Å². The van der Waals surface area contributed by atoms with Gasteiger partial charge in [0.2, 0.25) is 0 Å². The predicted molar refractivity (Wildman–Crippen MR) is 71.1 cm³/mol. The molecule has 0 aromatic carbocycles. The molecule has 1 aliphatic carbocycles. The number of Topliss-reactive ketones (excluding diaryl/α,β-unsaturated/α-hetero) is 1. The standard InChI is InChI=1S/C13H12F3N3OS/c14-13(15,16)12(20)11-5-4-10(21-11)9-7-19(18-17-9)6-8-2-1-3-8/h4-5,7-8H,1-3,6H2. The summed E-state index contributed by atoms with van der Waals surface area (Å²) in [4.78, 5) is 11.3. The van der Waals surface area contributed by atoms with E-state index in [9.17, 15) is 18.0 Å². The normalized spacial score (nSPS) is 16.0. The summed E-state index contributed by atoms with van der Waals surface area (Å²) in [6.45, 7) is 0.784. The summed E-state index contributed by atoms with van der Waals surface area (Å²) in [5, 5.41) is 7.95. The van der Waals surface area contributed by atoms with E-state index in [1.54, 1.807) is 10.9 Å². The van der Waals surface area contributed by atoms with Crippen molar-refractivity contribution in [1.82, 2.24) is 15.0 Å². The second-order valence-electron chi connectivity index (χ2n) is 5.11. The summed E-state index contributed by atoms with van der Waals surface area (Å²) < 4.78 is 38.8. The summed E-state index contributed by atoms with van der Waals surface area (Å²) in [5.41, 5.74) is 0.501. The van der Waals surface area contributed by atoms with Crippen LogP contribution in [0.5, 0.6) is 0 Å². The van der Waals surface area contributed by atoms with Crippen molar-refractivity contribution < 1.29 is 18.0 Å². The van der Waals surface area contributed by atoms with Gasteiger partial charge in [-0.15, -0.1) is 16.4 Å². The average Bonchev–Trinajstić information content (AvgIpc) is 3.00. The largest absolute Gasteiger partial charge is 0.455 e. The molecule has 1 saturated carbocycles. The van der Waals surface area contributed by atoms with Gasteiger partial charge in [-0.3, -0.25) is 9.48 Å². The number of carbonyl (C=O) groups is 1. The molecule has 112 valence electrons. The molecule has 8 heteroatoms. The molecular formula is C13H12F3N3OS. The lowest BCUT2D eigenvalue weighted by atomic mass is 9.85. The van der Waals surface area contributed by atoms with Gasteiger partial charge in [-0.1, -0.05) is 11.6 Å². The van der Waals surface area contributed by atoms with Crippen molar-refractivity contribution in [3.63, 3.8) is 0 Å². The van der Waals surface area contributed by atoms with E-state index in [1.807, 2.05) is 0 Å². The van der Waals surface area contributed by atoms with Gasteiger partial charge in [-0.05, 0) is 30.9 Å². The van der Waals surface area contributed by atoms with Crippen LogP contribution in [0.2, 0.25) is 0 Å². The highest BCUT2D eigenvalue weighted by Gasteiger charge is 2.40. The average molecular weight is 315 g/mol. The summed E-state index contributed by atoms with van der Waals surface area (Å²) in [7, 11) is 0. The molecule has 21 heavy (non-hydrogen) atoms. The van der Waals surface area contributed by atoms with Gasteiger partial charge >= 0.3 is 6.18 Å². The molecule has 1 aliphatic rings. The first kappa shape index (κ1) is 14.2. The Morgan fingerprint density at radius 3 is 2.76 bits per heavy atom. The van der Waals surface area contributed by atoms with Crippen molar-refractivity contribution in [1.29, 1.82) is 0 Å². The minimum atomic E-state index is -4.84. The Bertz CT molecular complexity index is 658. The van der Waals surface area contributed by atoms with E-state index < -0.39 is 12.0 Å². The number of alkyl halides is 3. The van der Waals surface area contributed by atoms with Gasteiger partial charge in [-0.25, -0.2) is 0 Å². The van der Waals surface area contributed by atoms with Gasteiger partial charge in [0.1, 0.15) is 5.69 Å². The number of ketones is 1. The number of hydrogen-bond acceptors (Lipinski definition) is 4. The van der Waals surface area contributed by atoms with Gasteiger partial charge in [0.05, 0.1) is 16.0 Å². The molecular weight excluding hydrogens is 303 g/mol. The summed E-state index contributed by atoms with van der Waals surface area (Å²) >= 11 is 0.788. The molecule has 0 radical (unpaired) electrons. The third kappa shape index (κ3) is 2.99. The van der Waals surface area contributed by atoms with E-state index in [0.717, 1.165) is 17.9 Å². The maximum atomic E-state index is 12.4.